The summed E-state index contributed by atoms with van der Waals surface area (Å²) in [5.74, 6) is 1.91. The van der Waals surface area contributed by atoms with E-state index in [1.165, 1.54) is 0 Å². The second kappa shape index (κ2) is 7.56. The van der Waals surface area contributed by atoms with Gasteiger partial charge in [0, 0.05) is 55.0 Å². The summed E-state index contributed by atoms with van der Waals surface area (Å²) in [6.07, 6.45) is 0. The van der Waals surface area contributed by atoms with E-state index in [9.17, 15) is 4.79 Å². The lowest BCUT2D eigenvalue weighted by atomic mass is 9.99. The molecule has 0 bridgehead atoms. The maximum atomic E-state index is 13.4. The van der Waals surface area contributed by atoms with E-state index in [1.807, 2.05) is 67.3 Å². The average molecular weight is 399 g/mol. The fourth-order valence-corrected chi connectivity index (χ4v) is 4.88. The van der Waals surface area contributed by atoms with Crippen LogP contribution in [0.25, 0.3) is 11.1 Å². The van der Waals surface area contributed by atoms with Crippen molar-refractivity contribution in [2.24, 2.45) is 11.8 Å². The molecule has 3 aromatic rings. The van der Waals surface area contributed by atoms with Gasteiger partial charge in [0.15, 0.2) is 0 Å². The molecule has 0 N–H and O–H groups in total. The van der Waals surface area contributed by atoms with Crippen molar-refractivity contribution in [2.75, 3.05) is 31.1 Å². The van der Waals surface area contributed by atoms with E-state index in [-0.39, 0.29) is 5.91 Å². The van der Waals surface area contributed by atoms with Gasteiger partial charge in [0.1, 0.15) is 0 Å². The molecule has 30 heavy (non-hydrogen) atoms. The van der Waals surface area contributed by atoms with Gasteiger partial charge in [-0.25, -0.2) is 9.97 Å². The summed E-state index contributed by atoms with van der Waals surface area (Å²) < 4.78 is 0. The van der Waals surface area contributed by atoms with Crippen LogP contribution >= 0.6 is 0 Å². The Labute approximate surface area is 177 Å². The number of hydrogen-bond acceptors (Lipinski definition) is 4. The van der Waals surface area contributed by atoms with Gasteiger partial charge < -0.3 is 9.80 Å². The van der Waals surface area contributed by atoms with Gasteiger partial charge in [-0.05, 0) is 37.1 Å². The standard InChI is InChI=1S/C25H26N4O/c1-17-12-18(2)27-25(26-17)29-15-20-13-28(14-21(20)16-29)24(30)23-11-7-6-10-22(23)19-8-4-3-5-9-19/h3-12,20-21H,13-16H2,1-2H3. The molecule has 152 valence electrons. The van der Waals surface area contributed by atoms with Crippen LogP contribution in [0.5, 0.6) is 0 Å². The van der Waals surface area contributed by atoms with Crippen molar-refractivity contribution in [1.82, 2.24) is 14.9 Å². The zero-order valence-corrected chi connectivity index (χ0v) is 17.5. The van der Waals surface area contributed by atoms with Crippen molar-refractivity contribution >= 4 is 11.9 Å². The van der Waals surface area contributed by atoms with Gasteiger partial charge in [0.25, 0.3) is 5.91 Å². The molecule has 1 amide bonds. The van der Waals surface area contributed by atoms with Crippen LogP contribution in [-0.4, -0.2) is 47.0 Å². The minimum absolute atomic E-state index is 0.137. The third kappa shape index (κ3) is 3.45. The van der Waals surface area contributed by atoms with Crippen molar-refractivity contribution < 1.29 is 4.79 Å². The number of aromatic nitrogens is 2. The number of likely N-dealkylation sites (tertiary alicyclic amines) is 1. The molecule has 2 saturated heterocycles. The summed E-state index contributed by atoms with van der Waals surface area (Å²) in [5, 5.41) is 0. The summed E-state index contributed by atoms with van der Waals surface area (Å²) in [4.78, 5) is 27.0. The van der Waals surface area contributed by atoms with Crippen molar-refractivity contribution in [3.8, 4) is 11.1 Å². The fourth-order valence-electron chi connectivity index (χ4n) is 4.88. The van der Waals surface area contributed by atoms with E-state index in [2.05, 4.69) is 27.0 Å². The maximum absolute atomic E-state index is 13.4. The van der Waals surface area contributed by atoms with Gasteiger partial charge in [0.2, 0.25) is 5.95 Å². The van der Waals surface area contributed by atoms with Gasteiger partial charge >= 0.3 is 0 Å². The fraction of sp³-hybridized carbons (Fsp3) is 0.320. The van der Waals surface area contributed by atoms with Crippen LogP contribution in [0.2, 0.25) is 0 Å². The zero-order valence-electron chi connectivity index (χ0n) is 17.5. The largest absolute Gasteiger partial charge is 0.340 e. The van der Waals surface area contributed by atoms with Crippen LogP contribution < -0.4 is 4.90 Å². The Balaban J connectivity index is 1.32. The third-order valence-electron chi connectivity index (χ3n) is 6.27. The zero-order chi connectivity index (χ0) is 20.7. The summed E-state index contributed by atoms with van der Waals surface area (Å²) in [6.45, 7) is 7.45. The highest BCUT2D eigenvalue weighted by Crippen LogP contribution is 2.34. The predicted molar refractivity (Wildman–Crippen MR) is 118 cm³/mol. The van der Waals surface area contributed by atoms with Crippen LogP contribution in [0.15, 0.2) is 60.7 Å². The number of amides is 1. The molecule has 2 atom stereocenters. The summed E-state index contributed by atoms with van der Waals surface area (Å²) in [5.41, 5.74) is 4.88. The van der Waals surface area contributed by atoms with Gasteiger partial charge in [0.05, 0.1) is 0 Å². The Morgan fingerprint density at radius 1 is 0.833 bits per heavy atom. The normalized spacial score (nSPS) is 20.5. The third-order valence-corrected chi connectivity index (χ3v) is 6.27. The summed E-state index contributed by atoms with van der Waals surface area (Å²) in [7, 11) is 0. The van der Waals surface area contributed by atoms with E-state index in [0.717, 1.165) is 60.2 Å². The second-order valence-corrected chi connectivity index (χ2v) is 8.50. The lowest BCUT2D eigenvalue weighted by Crippen LogP contribution is -2.34. The molecule has 5 rings (SSSR count). The number of carbonyl (C=O) groups is 1. The van der Waals surface area contributed by atoms with E-state index in [1.54, 1.807) is 0 Å². The summed E-state index contributed by atoms with van der Waals surface area (Å²) >= 11 is 0. The SMILES string of the molecule is Cc1cc(C)nc(N2CC3CN(C(=O)c4ccccc4-c4ccccc4)CC3C2)n1. The number of nitrogens with zero attached hydrogens (tertiary/aromatic N) is 4. The van der Waals surface area contributed by atoms with Gasteiger partial charge in [-0.15, -0.1) is 0 Å². The second-order valence-electron chi connectivity index (χ2n) is 8.50. The molecule has 2 aliphatic heterocycles. The first-order chi connectivity index (χ1) is 14.6. The molecular weight excluding hydrogens is 372 g/mol. The molecule has 0 saturated carbocycles. The number of anilines is 1. The molecule has 3 heterocycles. The van der Waals surface area contributed by atoms with E-state index < -0.39 is 0 Å². The van der Waals surface area contributed by atoms with Crippen molar-refractivity contribution in [1.29, 1.82) is 0 Å². The number of aryl methyl sites for hydroxylation is 2. The summed E-state index contributed by atoms with van der Waals surface area (Å²) in [6, 6.07) is 20.1. The first kappa shape index (κ1) is 18.8. The van der Waals surface area contributed by atoms with Crippen LogP contribution in [0, 0.1) is 25.7 Å². The van der Waals surface area contributed by atoms with E-state index in [0.29, 0.717) is 11.8 Å². The highest BCUT2D eigenvalue weighted by Gasteiger charge is 2.42. The number of hydrogen-bond donors (Lipinski definition) is 0. The topological polar surface area (TPSA) is 49.3 Å². The molecular formula is C25H26N4O. The van der Waals surface area contributed by atoms with Gasteiger partial charge in [-0.1, -0.05) is 48.5 Å². The number of benzene rings is 2. The predicted octanol–water partition coefficient (Wildman–Crippen LogP) is 3.97. The Kier molecular flexibility index (Phi) is 4.74. The van der Waals surface area contributed by atoms with Gasteiger partial charge in [-0.3, -0.25) is 4.79 Å². The monoisotopic (exact) mass is 398 g/mol. The molecule has 2 aliphatic rings. The Bertz CT molecular complexity index is 1050. The molecule has 5 heteroatoms. The van der Waals surface area contributed by atoms with Gasteiger partial charge in [-0.2, -0.15) is 0 Å². The molecule has 0 aliphatic carbocycles. The smallest absolute Gasteiger partial charge is 0.254 e. The lowest BCUT2D eigenvalue weighted by molar-refractivity contribution is 0.0783. The first-order valence-corrected chi connectivity index (χ1v) is 10.6. The quantitative estimate of drug-likeness (QED) is 0.670. The minimum atomic E-state index is 0.137. The molecule has 2 aromatic carbocycles. The van der Waals surface area contributed by atoms with Crippen LogP contribution in [0.4, 0.5) is 5.95 Å². The van der Waals surface area contributed by atoms with Crippen molar-refractivity contribution in [3.63, 3.8) is 0 Å². The molecule has 2 unspecified atom stereocenters. The number of carbonyl (C=O) groups excluding carboxylic acids is 1. The molecule has 0 spiro atoms. The van der Waals surface area contributed by atoms with Crippen molar-refractivity contribution in [3.05, 3.63) is 77.6 Å². The van der Waals surface area contributed by atoms with Crippen molar-refractivity contribution in [2.45, 2.75) is 13.8 Å². The Morgan fingerprint density at radius 2 is 1.43 bits per heavy atom. The van der Waals surface area contributed by atoms with Crippen LogP contribution in [0.1, 0.15) is 21.7 Å². The molecule has 1 aromatic heterocycles. The van der Waals surface area contributed by atoms with E-state index >= 15 is 0 Å². The lowest BCUT2D eigenvalue weighted by Gasteiger charge is -2.23. The highest BCUT2D eigenvalue weighted by molar-refractivity contribution is 6.01. The molecule has 0 radical (unpaired) electrons. The molecule has 5 nitrogen and oxygen atoms in total. The Morgan fingerprint density at radius 3 is 2.10 bits per heavy atom. The minimum Gasteiger partial charge on any atom is -0.340 e. The van der Waals surface area contributed by atoms with E-state index in [4.69, 9.17) is 0 Å². The maximum Gasteiger partial charge on any atom is 0.254 e. The average Bonchev–Trinajstić information content (AvgIpc) is 3.33. The number of fused-ring (bicyclic) bond motifs is 1. The number of rotatable bonds is 3. The highest BCUT2D eigenvalue weighted by atomic mass is 16.2. The van der Waals surface area contributed by atoms with Crippen LogP contribution in [0.3, 0.4) is 0 Å². The Hall–Kier alpha value is -3.21. The molecule has 2 fully saturated rings. The van der Waals surface area contributed by atoms with Crippen LogP contribution in [-0.2, 0) is 0 Å². The first-order valence-electron chi connectivity index (χ1n) is 10.6.